The van der Waals surface area contributed by atoms with E-state index in [1.165, 1.54) is 32.0 Å². The van der Waals surface area contributed by atoms with Crippen LogP contribution < -0.4 is 4.74 Å². The molecule has 2 rings (SSSR count). The first kappa shape index (κ1) is 11.5. The fourth-order valence-corrected chi connectivity index (χ4v) is 2.09. The number of hydrogen-bond acceptors (Lipinski definition) is 2. The molecule has 0 N–H and O–H groups in total. The number of nitrogens with zero attached hydrogens (tertiary/aromatic N) is 1. The van der Waals surface area contributed by atoms with Gasteiger partial charge in [-0.05, 0) is 45.0 Å². The van der Waals surface area contributed by atoms with Crippen molar-refractivity contribution in [1.82, 2.24) is 4.90 Å². The van der Waals surface area contributed by atoms with Crippen molar-refractivity contribution in [2.24, 2.45) is 0 Å². The molecule has 87 valence electrons. The molecular weight excluding hydrogens is 198 g/mol. The monoisotopic (exact) mass is 218 g/mol. The molecule has 0 bridgehead atoms. The third-order valence-corrected chi connectivity index (χ3v) is 3.12. The fourth-order valence-electron chi connectivity index (χ4n) is 2.09. The van der Waals surface area contributed by atoms with Gasteiger partial charge >= 0.3 is 0 Å². The Morgan fingerprint density at radius 2 is 1.88 bits per heavy atom. The molecule has 1 radical (unpaired) electrons. The molecule has 0 amide bonds. The second kappa shape index (κ2) is 5.90. The Kier molecular flexibility index (Phi) is 4.23. The molecule has 1 aliphatic rings. The zero-order valence-electron chi connectivity index (χ0n) is 9.98. The molecule has 0 saturated carbocycles. The molecule has 0 unspecified atom stereocenters. The minimum atomic E-state index is 0.784. The first-order valence-corrected chi connectivity index (χ1v) is 6.11. The Labute approximate surface area is 98.2 Å². The van der Waals surface area contributed by atoms with Crippen molar-refractivity contribution in [3.63, 3.8) is 0 Å². The van der Waals surface area contributed by atoms with Crippen molar-refractivity contribution in [2.45, 2.75) is 26.2 Å². The van der Waals surface area contributed by atoms with Crippen LogP contribution in [0.15, 0.2) is 30.3 Å². The van der Waals surface area contributed by atoms with E-state index in [0.717, 1.165) is 18.8 Å². The smallest absolute Gasteiger partial charge is 0.119 e. The summed E-state index contributed by atoms with van der Waals surface area (Å²) in [6, 6.07) is 11.5. The van der Waals surface area contributed by atoms with Gasteiger partial charge in [0.15, 0.2) is 0 Å². The van der Waals surface area contributed by atoms with E-state index in [1.807, 2.05) is 30.3 Å². The zero-order chi connectivity index (χ0) is 11.2. The lowest BCUT2D eigenvalue weighted by atomic mass is 10.2. The van der Waals surface area contributed by atoms with E-state index in [0.29, 0.717) is 0 Å². The Morgan fingerprint density at radius 1 is 1.19 bits per heavy atom. The zero-order valence-corrected chi connectivity index (χ0v) is 9.98. The SMILES string of the molecule is C[C](CCOc1ccccc1)N1CCCC1. The van der Waals surface area contributed by atoms with Gasteiger partial charge in [-0.2, -0.15) is 0 Å². The summed E-state index contributed by atoms with van der Waals surface area (Å²) in [5, 5.41) is 0. The first-order valence-electron chi connectivity index (χ1n) is 6.11. The van der Waals surface area contributed by atoms with Crippen LogP contribution >= 0.6 is 0 Å². The van der Waals surface area contributed by atoms with Crippen LogP contribution in [0.4, 0.5) is 0 Å². The average molecular weight is 218 g/mol. The third kappa shape index (κ3) is 3.24. The van der Waals surface area contributed by atoms with Gasteiger partial charge in [0.1, 0.15) is 5.75 Å². The van der Waals surface area contributed by atoms with Crippen LogP contribution in [0, 0.1) is 6.04 Å². The molecule has 1 saturated heterocycles. The number of likely N-dealkylation sites (tertiary alicyclic amines) is 1. The van der Waals surface area contributed by atoms with Gasteiger partial charge in [-0.3, -0.25) is 4.90 Å². The minimum absolute atomic E-state index is 0.784. The van der Waals surface area contributed by atoms with Crippen LogP contribution in [0.25, 0.3) is 0 Å². The van der Waals surface area contributed by atoms with Crippen LogP contribution in [-0.4, -0.2) is 24.6 Å². The Morgan fingerprint density at radius 3 is 2.56 bits per heavy atom. The molecule has 1 aliphatic heterocycles. The molecule has 0 aromatic heterocycles. The normalized spacial score (nSPS) is 16.9. The van der Waals surface area contributed by atoms with Crippen molar-refractivity contribution in [2.75, 3.05) is 19.7 Å². The van der Waals surface area contributed by atoms with E-state index >= 15 is 0 Å². The summed E-state index contributed by atoms with van der Waals surface area (Å²) in [5.74, 6) is 0.969. The topological polar surface area (TPSA) is 12.5 Å². The van der Waals surface area contributed by atoms with E-state index in [4.69, 9.17) is 4.74 Å². The van der Waals surface area contributed by atoms with Gasteiger partial charge in [0.25, 0.3) is 0 Å². The van der Waals surface area contributed by atoms with E-state index in [2.05, 4.69) is 11.8 Å². The maximum Gasteiger partial charge on any atom is 0.119 e. The van der Waals surface area contributed by atoms with Crippen LogP contribution in [0.3, 0.4) is 0 Å². The van der Waals surface area contributed by atoms with Crippen molar-refractivity contribution in [1.29, 1.82) is 0 Å². The molecule has 16 heavy (non-hydrogen) atoms. The fraction of sp³-hybridized carbons (Fsp3) is 0.500. The van der Waals surface area contributed by atoms with Gasteiger partial charge in [0, 0.05) is 12.5 Å². The van der Waals surface area contributed by atoms with Gasteiger partial charge in [0.2, 0.25) is 0 Å². The number of benzene rings is 1. The predicted molar refractivity (Wildman–Crippen MR) is 66.3 cm³/mol. The largest absolute Gasteiger partial charge is 0.494 e. The van der Waals surface area contributed by atoms with Gasteiger partial charge in [-0.25, -0.2) is 0 Å². The van der Waals surface area contributed by atoms with Gasteiger partial charge in [-0.1, -0.05) is 18.2 Å². The Bertz CT molecular complexity index is 293. The highest BCUT2D eigenvalue weighted by Crippen LogP contribution is 2.19. The molecule has 0 aliphatic carbocycles. The van der Waals surface area contributed by atoms with Crippen molar-refractivity contribution in [3.05, 3.63) is 36.4 Å². The highest BCUT2D eigenvalue weighted by molar-refractivity contribution is 5.20. The molecule has 1 aromatic rings. The van der Waals surface area contributed by atoms with E-state index in [1.54, 1.807) is 0 Å². The van der Waals surface area contributed by atoms with E-state index < -0.39 is 0 Å². The molecule has 1 fully saturated rings. The molecule has 2 heteroatoms. The second-order valence-electron chi connectivity index (χ2n) is 4.34. The molecule has 0 spiro atoms. The summed E-state index contributed by atoms with van der Waals surface area (Å²) >= 11 is 0. The molecular formula is C14H20NO. The molecule has 0 atom stereocenters. The van der Waals surface area contributed by atoms with Crippen LogP contribution in [0.1, 0.15) is 26.2 Å². The lowest BCUT2D eigenvalue weighted by Crippen LogP contribution is -2.24. The van der Waals surface area contributed by atoms with E-state index in [9.17, 15) is 0 Å². The van der Waals surface area contributed by atoms with Crippen LogP contribution in [0.5, 0.6) is 5.75 Å². The standard InChI is InChI=1S/C14H20NO/c1-13(15-10-5-6-11-15)9-12-16-14-7-3-2-4-8-14/h2-4,7-8H,5-6,9-12H2,1H3. The lowest BCUT2D eigenvalue weighted by Gasteiger charge is -2.22. The van der Waals surface area contributed by atoms with Gasteiger partial charge < -0.3 is 4.74 Å². The second-order valence-corrected chi connectivity index (χ2v) is 4.34. The summed E-state index contributed by atoms with van der Waals surface area (Å²) in [6.07, 6.45) is 3.72. The summed E-state index contributed by atoms with van der Waals surface area (Å²) < 4.78 is 5.69. The Hall–Kier alpha value is -1.02. The predicted octanol–water partition coefficient (Wildman–Crippen LogP) is 3.10. The maximum atomic E-state index is 5.69. The summed E-state index contributed by atoms with van der Waals surface area (Å²) in [5.41, 5.74) is 0. The van der Waals surface area contributed by atoms with Gasteiger partial charge in [0.05, 0.1) is 6.61 Å². The summed E-state index contributed by atoms with van der Waals surface area (Å²) in [4.78, 5) is 2.48. The third-order valence-electron chi connectivity index (χ3n) is 3.12. The van der Waals surface area contributed by atoms with Crippen LogP contribution in [-0.2, 0) is 0 Å². The minimum Gasteiger partial charge on any atom is -0.494 e. The maximum absolute atomic E-state index is 5.69. The highest BCUT2D eigenvalue weighted by atomic mass is 16.5. The van der Waals surface area contributed by atoms with Crippen molar-refractivity contribution >= 4 is 0 Å². The highest BCUT2D eigenvalue weighted by Gasteiger charge is 2.18. The number of rotatable bonds is 5. The average Bonchev–Trinajstić information content (AvgIpc) is 2.84. The quantitative estimate of drug-likeness (QED) is 0.753. The first-order chi connectivity index (χ1) is 7.86. The molecule has 1 aromatic carbocycles. The molecule has 2 nitrogen and oxygen atoms in total. The number of ether oxygens (including phenoxy) is 1. The summed E-state index contributed by atoms with van der Waals surface area (Å²) in [6.45, 7) is 5.47. The van der Waals surface area contributed by atoms with E-state index in [-0.39, 0.29) is 0 Å². The lowest BCUT2D eigenvalue weighted by molar-refractivity contribution is 0.267. The number of hydrogen-bond donors (Lipinski definition) is 0. The Balaban J connectivity index is 1.67. The number of para-hydroxylation sites is 1. The van der Waals surface area contributed by atoms with Crippen LogP contribution in [0.2, 0.25) is 0 Å². The molecule has 1 heterocycles. The summed E-state index contributed by atoms with van der Waals surface area (Å²) in [7, 11) is 0. The van der Waals surface area contributed by atoms with Crippen molar-refractivity contribution in [3.8, 4) is 5.75 Å². The van der Waals surface area contributed by atoms with Crippen molar-refractivity contribution < 1.29 is 4.74 Å². The van der Waals surface area contributed by atoms with Gasteiger partial charge in [-0.15, -0.1) is 0 Å².